The highest BCUT2D eigenvalue weighted by Crippen LogP contribution is 2.29. The van der Waals surface area contributed by atoms with Crippen LogP contribution in [0.3, 0.4) is 0 Å². The Kier molecular flexibility index (Phi) is 5.27. The highest BCUT2D eigenvalue weighted by atomic mass is 32.1. The molecule has 4 nitrogen and oxygen atoms in total. The molecule has 0 aromatic heterocycles. The lowest BCUT2D eigenvalue weighted by Crippen LogP contribution is -2.17. The number of thiol groups is 1. The number of halogens is 3. The number of hydrogen-bond acceptors (Lipinski definition) is 5. The maximum Gasteiger partial charge on any atom is 0.573 e. The second-order valence-electron chi connectivity index (χ2n) is 3.61. The number of hydrogen-bond donors (Lipinski definition) is 1. The lowest BCUT2D eigenvalue weighted by molar-refractivity contribution is -0.274. The summed E-state index contributed by atoms with van der Waals surface area (Å²) >= 11 is 3.98. The molecule has 0 heterocycles. The van der Waals surface area contributed by atoms with E-state index >= 15 is 0 Å². The van der Waals surface area contributed by atoms with E-state index in [4.69, 9.17) is 10.00 Å². The number of nitriles is 1. The zero-order chi connectivity index (χ0) is 15.3. The summed E-state index contributed by atoms with van der Waals surface area (Å²) in [7, 11) is 0. The van der Waals surface area contributed by atoms with E-state index in [0.717, 1.165) is 12.1 Å². The molecule has 20 heavy (non-hydrogen) atoms. The van der Waals surface area contributed by atoms with Gasteiger partial charge in [0.05, 0.1) is 24.7 Å². The molecule has 0 fully saturated rings. The lowest BCUT2D eigenvalue weighted by Gasteiger charge is -2.12. The van der Waals surface area contributed by atoms with Crippen LogP contribution in [0, 0.1) is 11.3 Å². The van der Waals surface area contributed by atoms with Crippen molar-refractivity contribution in [2.24, 2.45) is 0 Å². The van der Waals surface area contributed by atoms with Crippen molar-refractivity contribution < 1.29 is 27.4 Å². The number of carbonyl (C=O) groups excluding carboxylic acids is 1. The van der Waals surface area contributed by atoms with Gasteiger partial charge in [0, 0.05) is 4.90 Å². The lowest BCUT2D eigenvalue weighted by atomic mass is 10.0. The minimum Gasteiger partial charge on any atom is -0.466 e. The van der Waals surface area contributed by atoms with E-state index < -0.39 is 18.1 Å². The Morgan fingerprint density at radius 3 is 2.60 bits per heavy atom. The second-order valence-corrected chi connectivity index (χ2v) is 4.09. The summed E-state index contributed by atoms with van der Waals surface area (Å²) in [6.45, 7) is 1.78. The number of benzene rings is 1. The molecule has 0 N–H and O–H groups in total. The van der Waals surface area contributed by atoms with E-state index in [9.17, 15) is 18.0 Å². The molecule has 8 heteroatoms. The number of alkyl halides is 3. The smallest absolute Gasteiger partial charge is 0.466 e. The Morgan fingerprint density at radius 2 is 2.10 bits per heavy atom. The van der Waals surface area contributed by atoms with E-state index in [0.29, 0.717) is 0 Å². The largest absolute Gasteiger partial charge is 0.573 e. The van der Waals surface area contributed by atoms with E-state index in [1.165, 1.54) is 0 Å². The Labute approximate surface area is 118 Å². The van der Waals surface area contributed by atoms with Crippen LogP contribution in [0.5, 0.6) is 5.75 Å². The average molecular weight is 305 g/mol. The zero-order valence-electron chi connectivity index (χ0n) is 10.3. The number of carbonyl (C=O) groups is 1. The fraction of sp³-hybridized carbons (Fsp3) is 0.333. The van der Waals surface area contributed by atoms with Gasteiger partial charge in [0.1, 0.15) is 5.75 Å². The first kappa shape index (κ1) is 16.2. The molecule has 0 saturated heterocycles. The average Bonchev–Trinajstić information content (AvgIpc) is 2.30. The van der Waals surface area contributed by atoms with Crippen LogP contribution in [0.15, 0.2) is 17.0 Å². The SMILES string of the molecule is CCOC(=O)Cc1c(S)cc(OC(F)(F)F)cc1C#N. The first-order valence-electron chi connectivity index (χ1n) is 5.44. The molecular formula is C12H10F3NO3S. The first-order chi connectivity index (χ1) is 9.26. The van der Waals surface area contributed by atoms with E-state index in [2.05, 4.69) is 17.4 Å². The quantitative estimate of drug-likeness (QED) is 0.686. The second kappa shape index (κ2) is 6.52. The topological polar surface area (TPSA) is 59.3 Å². The summed E-state index contributed by atoms with van der Waals surface area (Å²) < 4.78 is 44.8. The molecule has 1 aromatic rings. The molecule has 0 aliphatic heterocycles. The monoisotopic (exact) mass is 305 g/mol. The third kappa shape index (κ3) is 4.66. The maximum atomic E-state index is 12.1. The predicted molar refractivity (Wildman–Crippen MR) is 65.4 cm³/mol. The van der Waals surface area contributed by atoms with Crippen LogP contribution < -0.4 is 4.74 Å². The summed E-state index contributed by atoms with van der Waals surface area (Å²) in [6.07, 6.45) is -5.11. The molecule has 0 saturated carbocycles. The van der Waals surface area contributed by atoms with Crippen LogP contribution in [0.1, 0.15) is 18.1 Å². The number of ether oxygens (including phenoxy) is 2. The minimum atomic E-state index is -4.87. The van der Waals surface area contributed by atoms with E-state index in [1.54, 1.807) is 13.0 Å². The summed E-state index contributed by atoms with van der Waals surface area (Å²) in [4.78, 5) is 11.4. The van der Waals surface area contributed by atoms with Crippen molar-refractivity contribution in [2.45, 2.75) is 24.6 Å². The van der Waals surface area contributed by atoms with Crippen LogP contribution in [-0.2, 0) is 16.0 Å². The summed E-state index contributed by atoms with van der Waals surface area (Å²) in [5, 5.41) is 8.94. The molecule has 0 aliphatic rings. The number of esters is 1. The highest BCUT2D eigenvalue weighted by molar-refractivity contribution is 7.80. The van der Waals surface area contributed by atoms with Crippen LogP contribution >= 0.6 is 12.6 Å². The first-order valence-corrected chi connectivity index (χ1v) is 5.89. The zero-order valence-corrected chi connectivity index (χ0v) is 11.2. The van der Waals surface area contributed by atoms with Gasteiger partial charge in [-0.25, -0.2) is 0 Å². The van der Waals surface area contributed by atoms with Crippen LogP contribution in [0.25, 0.3) is 0 Å². The van der Waals surface area contributed by atoms with Gasteiger partial charge in [-0.05, 0) is 24.6 Å². The summed E-state index contributed by atoms with van der Waals surface area (Å²) in [5.74, 6) is -1.16. The van der Waals surface area contributed by atoms with Crippen molar-refractivity contribution >= 4 is 18.6 Å². The Morgan fingerprint density at radius 1 is 1.45 bits per heavy atom. The third-order valence-corrected chi connectivity index (χ3v) is 2.58. The molecular weight excluding hydrogens is 295 g/mol. The molecule has 0 spiro atoms. The molecule has 0 aliphatic carbocycles. The van der Waals surface area contributed by atoms with Crippen molar-refractivity contribution in [1.82, 2.24) is 0 Å². The van der Waals surface area contributed by atoms with Gasteiger partial charge in [-0.1, -0.05) is 0 Å². The van der Waals surface area contributed by atoms with Crippen LogP contribution in [0.2, 0.25) is 0 Å². The van der Waals surface area contributed by atoms with Crippen LogP contribution in [-0.4, -0.2) is 18.9 Å². The molecule has 1 aromatic carbocycles. The fourth-order valence-corrected chi connectivity index (χ4v) is 1.79. The van der Waals surface area contributed by atoms with Crippen LogP contribution in [0.4, 0.5) is 13.2 Å². The van der Waals surface area contributed by atoms with Crippen molar-refractivity contribution in [3.05, 3.63) is 23.3 Å². The normalized spacial score (nSPS) is 10.8. The number of rotatable bonds is 4. The molecule has 1 rings (SSSR count). The minimum absolute atomic E-state index is 0.0522. The maximum absolute atomic E-state index is 12.1. The van der Waals surface area contributed by atoms with Crippen molar-refractivity contribution in [3.8, 4) is 11.8 Å². The fourth-order valence-electron chi connectivity index (χ4n) is 1.47. The molecule has 0 amide bonds. The van der Waals surface area contributed by atoms with Crippen molar-refractivity contribution in [1.29, 1.82) is 5.26 Å². The number of nitrogens with zero attached hydrogens (tertiary/aromatic N) is 1. The summed E-state index contributed by atoms with van der Waals surface area (Å²) in [5.41, 5.74) is 0.0774. The van der Waals surface area contributed by atoms with Gasteiger partial charge in [-0.15, -0.1) is 25.8 Å². The van der Waals surface area contributed by atoms with E-state index in [-0.39, 0.29) is 29.1 Å². The molecule has 0 radical (unpaired) electrons. The van der Waals surface area contributed by atoms with Crippen molar-refractivity contribution in [3.63, 3.8) is 0 Å². The Balaban J connectivity index is 3.09. The molecule has 108 valence electrons. The highest BCUT2D eigenvalue weighted by Gasteiger charge is 2.31. The molecule has 0 bridgehead atoms. The standard InChI is InChI=1S/C12H10F3NO3S/c1-2-18-11(17)5-9-7(6-16)3-8(4-10(9)20)19-12(13,14)15/h3-4,20H,2,5H2,1H3. The third-order valence-electron chi connectivity index (χ3n) is 2.18. The Hall–Kier alpha value is -1.88. The van der Waals surface area contributed by atoms with Gasteiger partial charge in [-0.2, -0.15) is 5.26 Å². The molecule has 0 unspecified atom stereocenters. The van der Waals surface area contributed by atoms with Gasteiger partial charge in [0.25, 0.3) is 0 Å². The molecule has 0 atom stereocenters. The predicted octanol–water partition coefficient (Wildman–Crippen LogP) is 2.85. The Bertz CT molecular complexity index is 552. The van der Waals surface area contributed by atoms with Gasteiger partial charge in [0.15, 0.2) is 0 Å². The van der Waals surface area contributed by atoms with Gasteiger partial charge in [-0.3, -0.25) is 4.79 Å². The summed E-state index contributed by atoms with van der Waals surface area (Å²) in [6, 6.07) is 3.60. The van der Waals surface area contributed by atoms with Gasteiger partial charge in [0.2, 0.25) is 0 Å². The van der Waals surface area contributed by atoms with Gasteiger partial charge >= 0.3 is 12.3 Å². The van der Waals surface area contributed by atoms with E-state index in [1.807, 2.05) is 0 Å². The van der Waals surface area contributed by atoms with Crippen molar-refractivity contribution in [2.75, 3.05) is 6.61 Å². The van der Waals surface area contributed by atoms with Gasteiger partial charge < -0.3 is 9.47 Å².